The Morgan fingerprint density at radius 1 is 1.52 bits per heavy atom. The number of nitrogens with zero attached hydrogens (tertiary/aromatic N) is 3. The molecule has 0 amide bonds. The minimum absolute atomic E-state index is 0.00856. The van der Waals surface area contributed by atoms with Crippen molar-refractivity contribution in [2.75, 3.05) is 25.9 Å². The number of likely N-dealkylation sites (tertiary alicyclic amines) is 1. The first-order valence-corrected chi connectivity index (χ1v) is 8.79. The third-order valence-electron chi connectivity index (χ3n) is 4.87. The molecular weight excluding hydrogens is 344 g/mol. The van der Waals surface area contributed by atoms with E-state index in [1.54, 1.807) is 12.1 Å². The minimum Gasteiger partial charge on any atom is -0.496 e. The summed E-state index contributed by atoms with van der Waals surface area (Å²) in [5.74, 6) is 0.176. The number of aromatic nitrogens is 2. The molecule has 0 bridgehead atoms. The molecule has 2 atom stereocenters. The third kappa shape index (κ3) is 3.39. The van der Waals surface area contributed by atoms with Crippen molar-refractivity contribution in [1.82, 2.24) is 14.7 Å². The van der Waals surface area contributed by atoms with Crippen molar-refractivity contribution < 1.29 is 9.15 Å². The highest BCUT2D eigenvalue weighted by Gasteiger charge is 2.30. The highest BCUT2D eigenvalue weighted by atomic mass is 35.5. The van der Waals surface area contributed by atoms with Gasteiger partial charge in [0.1, 0.15) is 5.75 Å². The summed E-state index contributed by atoms with van der Waals surface area (Å²) in [4.78, 5) is 14.7. The zero-order valence-corrected chi connectivity index (χ0v) is 15.4. The molecule has 25 heavy (non-hydrogen) atoms. The Bertz CT molecular complexity index is 817. The smallest absolute Gasteiger partial charge is 0.437 e. The number of methoxy groups -OCH3 is 1. The second-order valence-electron chi connectivity index (χ2n) is 6.39. The molecule has 1 aromatic heterocycles. The van der Waals surface area contributed by atoms with Crippen LogP contribution < -0.4 is 16.2 Å². The van der Waals surface area contributed by atoms with Gasteiger partial charge >= 0.3 is 5.76 Å². The van der Waals surface area contributed by atoms with Gasteiger partial charge in [-0.05, 0) is 25.8 Å². The Hall–Kier alpha value is -1.99. The first-order valence-electron chi connectivity index (χ1n) is 8.41. The number of nitrogen functional groups attached to an aromatic ring is 1. The average molecular weight is 367 g/mol. The van der Waals surface area contributed by atoms with Crippen molar-refractivity contribution in [1.29, 1.82) is 0 Å². The lowest BCUT2D eigenvalue weighted by Gasteiger charge is -2.22. The van der Waals surface area contributed by atoms with Gasteiger partial charge in [-0.1, -0.05) is 18.5 Å². The largest absolute Gasteiger partial charge is 0.496 e. The fourth-order valence-corrected chi connectivity index (χ4v) is 3.32. The summed E-state index contributed by atoms with van der Waals surface area (Å²) in [6.07, 6.45) is 1.95. The average Bonchev–Trinajstić information content (AvgIpc) is 3.22. The van der Waals surface area contributed by atoms with E-state index in [0.29, 0.717) is 28.1 Å². The van der Waals surface area contributed by atoms with Crippen LogP contribution in [0.2, 0.25) is 5.02 Å². The van der Waals surface area contributed by atoms with Crippen LogP contribution in [0.25, 0.3) is 11.5 Å². The van der Waals surface area contributed by atoms with E-state index in [0.717, 1.165) is 25.9 Å². The predicted octanol–water partition coefficient (Wildman–Crippen LogP) is 2.79. The van der Waals surface area contributed by atoms with Crippen molar-refractivity contribution >= 4 is 17.3 Å². The van der Waals surface area contributed by atoms with Crippen LogP contribution in [0.5, 0.6) is 5.75 Å². The SMILES string of the molecule is CCC(C)N1CCC(n2nc(-c3cc(Cl)c(N)cc3OC)oc2=O)C1. The van der Waals surface area contributed by atoms with Crippen molar-refractivity contribution in [2.45, 2.75) is 38.8 Å². The molecule has 1 saturated heterocycles. The number of nitrogens with two attached hydrogens (primary N) is 1. The van der Waals surface area contributed by atoms with Gasteiger partial charge in [-0.25, -0.2) is 4.79 Å². The quantitative estimate of drug-likeness (QED) is 0.819. The van der Waals surface area contributed by atoms with Crippen LogP contribution in [0.4, 0.5) is 5.69 Å². The lowest BCUT2D eigenvalue weighted by molar-refractivity contribution is 0.240. The number of halogens is 1. The second-order valence-corrected chi connectivity index (χ2v) is 6.79. The highest BCUT2D eigenvalue weighted by molar-refractivity contribution is 6.33. The van der Waals surface area contributed by atoms with E-state index in [1.165, 1.54) is 11.8 Å². The van der Waals surface area contributed by atoms with Crippen LogP contribution in [-0.2, 0) is 0 Å². The monoisotopic (exact) mass is 366 g/mol. The normalized spacial score (nSPS) is 19.3. The van der Waals surface area contributed by atoms with Crippen molar-refractivity contribution in [3.05, 3.63) is 27.7 Å². The zero-order chi connectivity index (χ0) is 18.1. The third-order valence-corrected chi connectivity index (χ3v) is 5.20. The van der Waals surface area contributed by atoms with E-state index in [2.05, 4.69) is 23.8 Å². The summed E-state index contributed by atoms with van der Waals surface area (Å²) in [7, 11) is 1.52. The molecule has 0 saturated carbocycles. The number of hydrogen-bond acceptors (Lipinski definition) is 6. The zero-order valence-electron chi connectivity index (χ0n) is 14.7. The second kappa shape index (κ2) is 7.09. The summed E-state index contributed by atoms with van der Waals surface area (Å²) in [5, 5.41) is 4.75. The molecular formula is C17H23ClN4O3. The summed E-state index contributed by atoms with van der Waals surface area (Å²) in [5.41, 5.74) is 6.70. The van der Waals surface area contributed by atoms with Crippen LogP contribution in [0.1, 0.15) is 32.7 Å². The molecule has 3 rings (SSSR count). The molecule has 2 unspecified atom stereocenters. The first kappa shape index (κ1) is 17.8. The van der Waals surface area contributed by atoms with Gasteiger partial charge in [0, 0.05) is 25.2 Å². The molecule has 0 aliphatic carbocycles. The van der Waals surface area contributed by atoms with E-state index in [4.69, 9.17) is 26.5 Å². The molecule has 2 heterocycles. The Morgan fingerprint density at radius 2 is 2.28 bits per heavy atom. The number of hydrogen-bond donors (Lipinski definition) is 1. The van der Waals surface area contributed by atoms with Crippen LogP contribution in [-0.4, -0.2) is 40.9 Å². The standard InChI is InChI=1S/C17H23ClN4O3/c1-4-10(2)21-6-5-11(9-21)22-17(23)25-16(20-22)12-7-13(18)14(19)8-15(12)24-3/h7-8,10-11H,4-6,9,19H2,1-3H3. The van der Waals surface area contributed by atoms with Gasteiger partial charge in [0.05, 0.1) is 29.4 Å². The van der Waals surface area contributed by atoms with E-state index >= 15 is 0 Å². The van der Waals surface area contributed by atoms with E-state index in [9.17, 15) is 4.79 Å². The predicted molar refractivity (Wildman–Crippen MR) is 97.2 cm³/mol. The van der Waals surface area contributed by atoms with Gasteiger partial charge in [-0.15, -0.1) is 5.10 Å². The molecule has 1 aliphatic rings. The van der Waals surface area contributed by atoms with Crippen molar-refractivity contribution in [3.63, 3.8) is 0 Å². The molecule has 136 valence electrons. The molecule has 2 N–H and O–H groups in total. The summed E-state index contributed by atoms with van der Waals surface area (Å²) in [6, 6.07) is 3.69. The Balaban J connectivity index is 1.92. The summed E-state index contributed by atoms with van der Waals surface area (Å²) >= 11 is 6.09. The number of ether oxygens (including phenoxy) is 1. The molecule has 2 aromatic rings. The lowest BCUT2D eigenvalue weighted by Crippen LogP contribution is -2.32. The van der Waals surface area contributed by atoms with Crippen LogP contribution >= 0.6 is 11.6 Å². The van der Waals surface area contributed by atoms with Gasteiger partial charge in [-0.2, -0.15) is 4.68 Å². The number of anilines is 1. The van der Waals surface area contributed by atoms with Crippen molar-refractivity contribution in [3.8, 4) is 17.2 Å². The molecule has 7 nitrogen and oxygen atoms in total. The maximum atomic E-state index is 12.3. The maximum Gasteiger partial charge on any atom is 0.437 e. The van der Waals surface area contributed by atoms with Gasteiger partial charge in [-0.3, -0.25) is 4.90 Å². The van der Waals surface area contributed by atoms with E-state index < -0.39 is 5.76 Å². The highest BCUT2D eigenvalue weighted by Crippen LogP contribution is 2.35. The maximum absolute atomic E-state index is 12.3. The van der Waals surface area contributed by atoms with Crippen LogP contribution in [0.15, 0.2) is 21.3 Å². The Morgan fingerprint density at radius 3 is 2.96 bits per heavy atom. The van der Waals surface area contributed by atoms with Crippen LogP contribution in [0.3, 0.4) is 0 Å². The molecule has 8 heteroatoms. The number of benzene rings is 1. The fourth-order valence-electron chi connectivity index (χ4n) is 3.16. The molecule has 0 radical (unpaired) electrons. The van der Waals surface area contributed by atoms with Gasteiger partial charge in [0.15, 0.2) is 0 Å². The molecule has 1 fully saturated rings. The number of rotatable bonds is 5. The van der Waals surface area contributed by atoms with Gasteiger partial charge < -0.3 is 14.9 Å². The van der Waals surface area contributed by atoms with E-state index in [-0.39, 0.29) is 11.9 Å². The molecule has 1 aliphatic heterocycles. The first-order chi connectivity index (χ1) is 11.9. The minimum atomic E-state index is -0.471. The van der Waals surface area contributed by atoms with Gasteiger partial charge in [0.2, 0.25) is 0 Å². The fraction of sp³-hybridized carbons (Fsp3) is 0.529. The molecule has 1 aromatic carbocycles. The topological polar surface area (TPSA) is 86.5 Å². The lowest BCUT2D eigenvalue weighted by atomic mass is 10.2. The molecule has 0 spiro atoms. The van der Waals surface area contributed by atoms with Gasteiger partial charge in [0.25, 0.3) is 5.89 Å². The Kier molecular flexibility index (Phi) is 5.06. The van der Waals surface area contributed by atoms with E-state index in [1.807, 2.05) is 0 Å². The van der Waals surface area contributed by atoms with Crippen molar-refractivity contribution in [2.24, 2.45) is 0 Å². The summed E-state index contributed by atoms with van der Waals surface area (Å²) in [6.45, 7) is 6.10. The summed E-state index contributed by atoms with van der Waals surface area (Å²) < 4.78 is 12.1. The Labute approximate surface area is 151 Å². The van der Waals surface area contributed by atoms with Crippen LogP contribution in [0, 0.1) is 0 Å².